The van der Waals surface area contributed by atoms with Gasteiger partial charge in [-0.1, -0.05) is 11.6 Å². The maximum absolute atomic E-state index is 11.5. The van der Waals surface area contributed by atoms with Crippen LogP contribution in [-0.2, 0) is 19.1 Å². The molecule has 1 aromatic carbocycles. The molecule has 1 heterocycles. The topological polar surface area (TPSA) is 52.6 Å². The van der Waals surface area contributed by atoms with Gasteiger partial charge in [-0.15, -0.1) is 11.8 Å². The van der Waals surface area contributed by atoms with Gasteiger partial charge in [0.1, 0.15) is 0 Å². The van der Waals surface area contributed by atoms with Gasteiger partial charge in [0.25, 0.3) is 0 Å². The van der Waals surface area contributed by atoms with Gasteiger partial charge in [0.2, 0.25) is 6.10 Å². The molecule has 2 rings (SSSR count). The Balaban J connectivity index is 1.69. The number of thioether (sulfide) groups is 1. The van der Waals surface area contributed by atoms with E-state index in [2.05, 4.69) is 0 Å². The SMILES string of the molecule is O=C(CCSc1ccc(Cl)cc1)OC1CCOC1=O. The monoisotopic (exact) mass is 300 g/mol. The molecule has 0 radical (unpaired) electrons. The number of benzene rings is 1. The fourth-order valence-corrected chi connectivity index (χ4v) is 2.54. The van der Waals surface area contributed by atoms with Gasteiger partial charge in [-0.05, 0) is 24.3 Å². The van der Waals surface area contributed by atoms with E-state index in [4.69, 9.17) is 21.1 Å². The van der Waals surface area contributed by atoms with E-state index in [1.165, 1.54) is 0 Å². The minimum Gasteiger partial charge on any atom is -0.463 e. The number of halogens is 1. The van der Waals surface area contributed by atoms with Gasteiger partial charge in [0, 0.05) is 22.1 Å². The van der Waals surface area contributed by atoms with Crippen LogP contribution in [-0.4, -0.2) is 30.4 Å². The Morgan fingerprint density at radius 3 is 2.79 bits per heavy atom. The maximum Gasteiger partial charge on any atom is 0.347 e. The van der Waals surface area contributed by atoms with Crippen molar-refractivity contribution in [2.45, 2.75) is 23.8 Å². The highest BCUT2D eigenvalue weighted by molar-refractivity contribution is 7.99. The van der Waals surface area contributed by atoms with Gasteiger partial charge in [-0.3, -0.25) is 4.79 Å². The summed E-state index contributed by atoms with van der Waals surface area (Å²) in [7, 11) is 0. The average molecular weight is 301 g/mol. The largest absolute Gasteiger partial charge is 0.463 e. The minimum absolute atomic E-state index is 0.261. The van der Waals surface area contributed by atoms with E-state index in [1.54, 1.807) is 23.9 Å². The van der Waals surface area contributed by atoms with Crippen LogP contribution >= 0.6 is 23.4 Å². The van der Waals surface area contributed by atoms with Gasteiger partial charge in [-0.25, -0.2) is 4.79 Å². The number of carbonyl (C=O) groups is 2. The highest BCUT2D eigenvalue weighted by Gasteiger charge is 2.29. The third-order valence-corrected chi connectivity index (χ3v) is 3.82. The number of hydrogen-bond donors (Lipinski definition) is 0. The quantitative estimate of drug-likeness (QED) is 0.618. The molecule has 0 bridgehead atoms. The Hall–Kier alpha value is -1.20. The molecule has 1 atom stereocenters. The summed E-state index contributed by atoms with van der Waals surface area (Å²) in [6.07, 6.45) is -0.000526. The molecule has 1 unspecified atom stereocenters. The molecule has 1 aromatic rings. The van der Waals surface area contributed by atoms with Crippen LogP contribution in [0.15, 0.2) is 29.2 Å². The first-order valence-electron chi connectivity index (χ1n) is 5.89. The molecular weight excluding hydrogens is 288 g/mol. The Bertz CT molecular complexity index is 460. The molecule has 0 saturated carbocycles. The summed E-state index contributed by atoms with van der Waals surface area (Å²) in [6, 6.07) is 7.40. The first kappa shape index (κ1) is 14.2. The van der Waals surface area contributed by atoms with Crippen molar-refractivity contribution in [1.82, 2.24) is 0 Å². The molecule has 1 aliphatic heterocycles. The minimum atomic E-state index is -0.715. The van der Waals surface area contributed by atoms with Gasteiger partial charge >= 0.3 is 11.9 Å². The van der Waals surface area contributed by atoms with E-state index in [0.29, 0.717) is 23.8 Å². The number of cyclic esters (lactones) is 1. The Labute approximate surface area is 120 Å². The zero-order valence-electron chi connectivity index (χ0n) is 10.1. The third kappa shape index (κ3) is 4.44. The standard InChI is InChI=1S/C13H13ClO4S/c14-9-1-3-10(4-2-9)19-8-6-12(15)18-11-5-7-17-13(11)16/h1-4,11H,5-8H2. The number of ether oxygens (including phenoxy) is 2. The lowest BCUT2D eigenvalue weighted by molar-refractivity contribution is -0.159. The number of hydrogen-bond acceptors (Lipinski definition) is 5. The van der Waals surface area contributed by atoms with Gasteiger partial charge in [-0.2, -0.15) is 0 Å². The molecular formula is C13H13ClO4S. The normalized spacial score (nSPS) is 18.2. The maximum atomic E-state index is 11.5. The van der Waals surface area contributed by atoms with Crippen molar-refractivity contribution in [3.05, 3.63) is 29.3 Å². The van der Waals surface area contributed by atoms with E-state index in [1.807, 2.05) is 12.1 Å². The van der Waals surface area contributed by atoms with Gasteiger partial charge < -0.3 is 9.47 Å². The Morgan fingerprint density at radius 2 is 2.16 bits per heavy atom. The number of esters is 2. The van der Waals surface area contributed by atoms with Crippen LogP contribution < -0.4 is 0 Å². The lowest BCUT2D eigenvalue weighted by Crippen LogP contribution is -2.22. The molecule has 0 N–H and O–H groups in total. The zero-order chi connectivity index (χ0) is 13.7. The van der Waals surface area contributed by atoms with Crippen LogP contribution in [0.25, 0.3) is 0 Å². The number of carbonyl (C=O) groups excluding carboxylic acids is 2. The fraction of sp³-hybridized carbons (Fsp3) is 0.385. The molecule has 4 nitrogen and oxygen atoms in total. The first-order chi connectivity index (χ1) is 9.15. The van der Waals surface area contributed by atoms with Crippen LogP contribution in [0.2, 0.25) is 5.02 Å². The second-order valence-corrected chi connectivity index (χ2v) is 5.59. The van der Waals surface area contributed by atoms with Gasteiger partial charge in [0.15, 0.2) is 0 Å². The second-order valence-electron chi connectivity index (χ2n) is 3.99. The lowest BCUT2D eigenvalue weighted by Gasteiger charge is -2.08. The fourth-order valence-electron chi connectivity index (χ4n) is 1.59. The summed E-state index contributed by atoms with van der Waals surface area (Å²) < 4.78 is 9.75. The molecule has 0 spiro atoms. The molecule has 0 amide bonds. The lowest BCUT2D eigenvalue weighted by atomic mass is 10.3. The summed E-state index contributed by atoms with van der Waals surface area (Å²) in [5.41, 5.74) is 0. The summed E-state index contributed by atoms with van der Waals surface area (Å²) in [5, 5.41) is 0.684. The second kappa shape index (κ2) is 6.82. The Kier molecular flexibility index (Phi) is 5.10. The molecule has 0 aromatic heterocycles. The van der Waals surface area contributed by atoms with E-state index >= 15 is 0 Å². The number of rotatable bonds is 5. The molecule has 102 valence electrons. The summed E-state index contributed by atoms with van der Waals surface area (Å²) in [4.78, 5) is 23.7. The molecule has 19 heavy (non-hydrogen) atoms. The van der Waals surface area contributed by atoms with Crippen molar-refractivity contribution in [1.29, 1.82) is 0 Å². The van der Waals surface area contributed by atoms with Crippen LogP contribution in [0.1, 0.15) is 12.8 Å². The first-order valence-corrected chi connectivity index (χ1v) is 7.26. The van der Waals surface area contributed by atoms with Gasteiger partial charge in [0.05, 0.1) is 13.0 Å². The van der Waals surface area contributed by atoms with Crippen molar-refractivity contribution < 1.29 is 19.1 Å². The van der Waals surface area contributed by atoms with E-state index in [-0.39, 0.29) is 12.4 Å². The third-order valence-electron chi connectivity index (χ3n) is 2.55. The predicted molar refractivity (Wildman–Crippen MR) is 72.2 cm³/mol. The molecule has 6 heteroatoms. The van der Waals surface area contributed by atoms with E-state index in [0.717, 1.165) is 4.90 Å². The van der Waals surface area contributed by atoms with Crippen LogP contribution in [0, 0.1) is 0 Å². The molecule has 1 fully saturated rings. The van der Waals surface area contributed by atoms with E-state index < -0.39 is 12.1 Å². The van der Waals surface area contributed by atoms with Crippen molar-refractivity contribution in [3.8, 4) is 0 Å². The highest BCUT2D eigenvalue weighted by atomic mass is 35.5. The summed E-state index contributed by atoms with van der Waals surface area (Å²) in [6.45, 7) is 0.330. The van der Waals surface area contributed by atoms with Crippen LogP contribution in [0.4, 0.5) is 0 Å². The van der Waals surface area contributed by atoms with E-state index in [9.17, 15) is 9.59 Å². The molecule has 1 aliphatic rings. The highest BCUT2D eigenvalue weighted by Crippen LogP contribution is 2.21. The summed E-state index contributed by atoms with van der Waals surface area (Å²) in [5.74, 6) is -0.216. The van der Waals surface area contributed by atoms with Crippen LogP contribution in [0.5, 0.6) is 0 Å². The smallest absolute Gasteiger partial charge is 0.347 e. The van der Waals surface area contributed by atoms with Crippen molar-refractivity contribution in [2.24, 2.45) is 0 Å². The van der Waals surface area contributed by atoms with Crippen molar-refractivity contribution in [2.75, 3.05) is 12.4 Å². The zero-order valence-corrected chi connectivity index (χ0v) is 11.7. The Morgan fingerprint density at radius 1 is 1.42 bits per heavy atom. The summed E-state index contributed by atoms with van der Waals surface area (Å²) >= 11 is 7.32. The van der Waals surface area contributed by atoms with Crippen molar-refractivity contribution >= 4 is 35.3 Å². The molecule has 0 aliphatic carbocycles. The molecule has 1 saturated heterocycles. The average Bonchev–Trinajstić information content (AvgIpc) is 2.78. The van der Waals surface area contributed by atoms with Crippen LogP contribution in [0.3, 0.4) is 0 Å². The predicted octanol–water partition coefficient (Wildman–Crippen LogP) is 2.68. The van der Waals surface area contributed by atoms with Crippen molar-refractivity contribution in [3.63, 3.8) is 0 Å².